The van der Waals surface area contributed by atoms with Gasteiger partial charge in [-0.25, -0.2) is 18.6 Å². The summed E-state index contributed by atoms with van der Waals surface area (Å²) in [5.74, 6) is -1.08. The molecule has 6 nitrogen and oxygen atoms in total. The first kappa shape index (κ1) is 22.9. The number of aliphatic carboxylic acids is 1. The Morgan fingerprint density at radius 1 is 1.09 bits per heavy atom. The average Bonchev–Trinajstić information content (AvgIpc) is 1.19. The minimum Gasteiger partial charge on any atom is -0.550 e. The van der Waals surface area contributed by atoms with Gasteiger partial charge in [0.25, 0.3) is 0 Å². The molecule has 0 saturated carbocycles. The molecule has 0 bridgehead atoms. The van der Waals surface area contributed by atoms with E-state index >= 15 is 0 Å². The van der Waals surface area contributed by atoms with Crippen molar-refractivity contribution in [2.24, 2.45) is 0 Å². The molecular formula is C2H3ClNa2O6. The van der Waals surface area contributed by atoms with E-state index in [0.29, 0.717) is 0 Å². The van der Waals surface area contributed by atoms with E-state index in [-0.39, 0.29) is 59.1 Å². The minimum atomic E-state index is -4.94. The Balaban J connectivity index is -0.0000000383. The molecule has 0 aliphatic heterocycles. The van der Waals surface area contributed by atoms with E-state index in [1.54, 1.807) is 0 Å². The van der Waals surface area contributed by atoms with Crippen molar-refractivity contribution in [2.45, 2.75) is 6.92 Å². The summed E-state index contributed by atoms with van der Waals surface area (Å²) in [7, 11) is -4.94. The first-order valence-electron chi connectivity index (χ1n) is 1.53. The standard InChI is InChI=1S/C2H4O2.ClHO4.2Na/c1-2(3)4;2-1(3,4)5;;/h1H3,(H,3,4);(H,2,3,4,5);;/q;;2*+1/p-2. The fourth-order valence-corrected chi connectivity index (χ4v) is 0. The summed E-state index contributed by atoms with van der Waals surface area (Å²) in [6.45, 7) is 0.972. The zero-order valence-corrected chi connectivity index (χ0v) is 11.1. The van der Waals surface area contributed by atoms with Gasteiger partial charge in [-0.1, -0.05) is 0 Å². The van der Waals surface area contributed by atoms with Crippen LogP contribution in [0.3, 0.4) is 0 Å². The smallest absolute Gasteiger partial charge is 0.550 e. The summed E-state index contributed by atoms with van der Waals surface area (Å²) in [4.78, 5) is 8.89. The quantitative estimate of drug-likeness (QED) is 0.360. The summed E-state index contributed by atoms with van der Waals surface area (Å²) in [5, 5.41) is 8.89. The van der Waals surface area contributed by atoms with Gasteiger partial charge in [-0.05, 0) is 6.92 Å². The molecule has 0 saturated heterocycles. The van der Waals surface area contributed by atoms with Crippen molar-refractivity contribution in [3.8, 4) is 0 Å². The van der Waals surface area contributed by atoms with E-state index in [9.17, 15) is 0 Å². The Kier molecular flexibility index (Phi) is 24.2. The molecule has 0 unspecified atom stereocenters. The summed E-state index contributed by atoms with van der Waals surface area (Å²) < 4.78 is 34.0. The van der Waals surface area contributed by atoms with Gasteiger partial charge in [0.05, 0.1) is 0 Å². The number of carbonyl (C=O) groups excluding carboxylic acids is 1. The van der Waals surface area contributed by atoms with Crippen molar-refractivity contribution >= 4 is 5.97 Å². The molecule has 9 heteroatoms. The van der Waals surface area contributed by atoms with E-state index < -0.39 is 16.2 Å². The normalized spacial score (nSPS) is 7.73. The van der Waals surface area contributed by atoms with Gasteiger partial charge < -0.3 is 9.90 Å². The molecule has 0 fully saturated rings. The molecule has 0 rings (SSSR count). The molecule has 11 heavy (non-hydrogen) atoms. The number of carboxylic acid groups (broad SMARTS) is 1. The van der Waals surface area contributed by atoms with Crippen molar-refractivity contribution in [1.29, 1.82) is 0 Å². The Bertz CT molecular complexity index is 81.1. The summed E-state index contributed by atoms with van der Waals surface area (Å²) in [6.07, 6.45) is 0. The van der Waals surface area contributed by atoms with Gasteiger partial charge in [0.2, 0.25) is 0 Å². The van der Waals surface area contributed by atoms with Crippen LogP contribution in [-0.2, 0) is 4.79 Å². The summed E-state index contributed by atoms with van der Waals surface area (Å²) in [6, 6.07) is 0. The van der Waals surface area contributed by atoms with Gasteiger partial charge >= 0.3 is 59.1 Å². The molecule has 0 atom stereocenters. The predicted molar refractivity (Wildman–Crippen MR) is 10.7 cm³/mol. The van der Waals surface area contributed by atoms with Crippen LogP contribution in [0.4, 0.5) is 0 Å². The Hall–Kier alpha value is 1.60. The zero-order valence-electron chi connectivity index (χ0n) is 6.33. The third-order valence-electron chi connectivity index (χ3n) is 0. The first-order chi connectivity index (χ1) is 3.73. The topological polar surface area (TPSA) is 132 Å². The second-order valence-electron chi connectivity index (χ2n) is 0.870. The Morgan fingerprint density at radius 3 is 1.09 bits per heavy atom. The Morgan fingerprint density at radius 2 is 1.09 bits per heavy atom. The van der Waals surface area contributed by atoms with Gasteiger partial charge in [0, 0.05) is 5.97 Å². The van der Waals surface area contributed by atoms with Gasteiger partial charge in [-0.2, -0.15) is 0 Å². The second kappa shape index (κ2) is 11.6. The van der Waals surface area contributed by atoms with Crippen LogP contribution in [0.5, 0.6) is 0 Å². The maximum Gasteiger partial charge on any atom is 1.00 e. The van der Waals surface area contributed by atoms with Crippen LogP contribution in [0.25, 0.3) is 0 Å². The van der Waals surface area contributed by atoms with Crippen molar-refractivity contribution in [1.82, 2.24) is 0 Å². The molecule has 0 aliphatic carbocycles. The number of rotatable bonds is 0. The van der Waals surface area contributed by atoms with Crippen molar-refractivity contribution in [3.63, 3.8) is 0 Å². The fraction of sp³-hybridized carbons (Fsp3) is 0.500. The van der Waals surface area contributed by atoms with Gasteiger partial charge in [-0.15, -0.1) is 10.2 Å². The van der Waals surface area contributed by atoms with Crippen LogP contribution < -0.4 is 82.9 Å². The zero-order chi connectivity index (χ0) is 8.08. The molecule has 0 aromatic rings. The monoisotopic (exact) mass is 204 g/mol. The van der Waals surface area contributed by atoms with E-state index in [2.05, 4.69) is 0 Å². The van der Waals surface area contributed by atoms with E-state index in [0.717, 1.165) is 6.92 Å². The summed E-state index contributed by atoms with van der Waals surface area (Å²) in [5.41, 5.74) is 0. The van der Waals surface area contributed by atoms with E-state index in [1.807, 2.05) is 0 Å². The van der Waals surface area contributed by atoms with Crippen LogP contribution in [0.15, 0.2) is 0 Å². The molecule has 0 aromatic heterocycles. The average molecular weight is 204 g/mol. The number of carboxylic acids is 1. The van der Waals surface area contributed by atoms with Gasteiger partial charge in [0.15, 0.2) is 0 Å². The first-order valence-corrected chi connectivity index (χ1v) is 2.76. The van der Waals surface area contributed by atoms with Crippen LogP contribution in [0, 0.1) is 10.2 Å². The molecule has 0 aromatic carbocycles. The molecule has 0 heterocycles. The number of carbonyl (C=O) groups is 1. The predicted octanol–water partition coefficient (Wildman–Crippen LogP) is -12.0. The molecular weight excluding hydrogens is 201 g/mol. The molecule has 0 spiro atoms. The third-order valence-corrected chi connectivity index (χ3v) is 0. The van der Waals surface area contributed by atoms with Gasteiger partial charge in [0.1, 0.15) is 0 Å². The Labute approximate surface area is 110 Å². The van der Waals surface area contributed by atoms with E-state index in [4.69, 9.17) is 28.5 Å². The minimum absolute atomic E-state index is 0. The molecule has 0 aliphatic rings. The number of hydrogen-bond acceptors (Lipinski definition) is 6. The fourth-order valence-electron chi connectivity index (χ4n) is 0. The molecule has 0 radical (unpaired) electrons. The maximum atomic E-state index is 8.89. The van der Waals surface area contributed by atoms with E-state index in [1.165, 1.54) is 0 Å². The second-order valence-corrected chi connectivity index (χ2v) is 1.63. The van der Waals surface area contributed by atoms with Gasteiger partial charge in [-0.3, -0.25) is 0 Å². The largest absolute Gasteiger partial charge is 1.00 e. The third kappa shape index (κ3) is 418. The van der Waals surface area contributed by atoms with Crippen LogP contribution >= 0.6 is 0 Å². The van der Waals surface area contributed by atoms with Crippen LogP contribution in [0.2, 0.25) is 0 Å². The summed E-state index contributed by atoms with van der Waals surface area (Å²) >= 11 is 0. The van der Waals surface area contributed by atoms with Crippen molar-refractivity contribution in [3.05, 3.63) is 0 Å². The maximum absolute atomic E-state index is 8.89. The molecule has 0 amide bonds. The SMILES string of the molecule is CC(=O)[O-].[Na+].[Na+].[O-][Cl+3]([O-])([O-])[O-]. The van der Waals surface area contributed by atoms with Crippen LogP contribution in [-0.4, -0.2) is 5.97 Å². The van der Waals surface area contributed by atoms with Crippen molar-refractivity contribution in [2.75, 3.05) is 0 Å². The van der Waals surface area contributed by atoms with Crippen molar-refractivity contribution < 1.29 is 97.9 Å². The number of halogens is 1. The molecule has 0 N–H and O–H groups in total. The van der Waals surface area contributed by atoms with Crippen LogP contribution in [0.1, 0.15) is 6.92 Å². The number of hydrogen-bond donors (Lipinski definition) is 0. The molecule has 56 valence electrons.